The van der Waals surface area contributed by atoms with Gasteiger partial charge < -0.3 is 14.7 Å². The first-order chi connectivity index (χ1) is 13.8. The summed E-state index contributed by atoms with van der Waals surface area (Å²) in [5.41, 5.74) is 3.13. The van der Waals surface area contributed by atoms with Crippen LogP contribution in [0.2, 0.25) is 0 Å². The van der Waals surface area contributed by atoms with Gasteiger partial charge in [0, 0.05) is 6.54 Å². The highest BCUT2D eigenvalue weighted by molar-refractivity contribution is 5.78. The molecule has 3 rings (SSSR count). The van der Waals surface area contributed by atoms with E-state index in [1.807, 2.05) is 24.3 Å². The normalized spacial score (nSPS) is 12.4. The molecule has 28 heavy (non-hydrogen) atoms. The van der Waals surface area contributed by atoms with Crippen LogP contribution in [0.1, 0.15) is 76.7 Å². The molecule has 0 radical (unpaired) electrons. The molecule has 0 saturated heterocycles. The third-order valence-electron chi connectivity index (χ3n) is 5.61. The van der Waals surface area contributed by atoms with E-state index in [4.69, 9.17) is 4.74 Å². The molecule has 0 aromatic heterocycles. The van der Waals surface area contributed by atoms with Gasteiger partial charge in [-0.25, -0.2) is 0 Å². The van der Waals surface area contributed by atoms with E-state index in [1.165, 1.54) is 64.2 Å². The fraction of sp³-hybridized carbons (Fsp3) is 0.520. The second kappa shape index (κ2) is 11.1. The molecule has 0 amide bonds. The van der Waals surface area contributed by atoms with Crippen molar-refractivity contribution in [2.75, 3.05) is 11.4 Å². The lowest BCUT2D eigenvalue weighted by atomic mass is 10.1. The van der Waals surface area contributed by atoms with Crippen LogP contribution in [0.3, 0.4) is 0 Å². The van der Waals surface area contributed by atoms with Crippen LogP contribution in [0.15, 0.2) is 42.5 Å². The van der Waals surface area contributed by atoms with Gasteiger partial charge in [0.2, 0.25) is 0 Å². The fourth-order valence-corrected chi connectivity index (χ4v) is 3.97. The lowest BCUT2D eigenvalue weighted by Crippen LogP contribution is -2.22. The van der Waals surface area contributed by atoms with Gasteiger partial charge in [-0.3, -0.25) is 0 Å². The van der Waals surface area contributed by atoms with Crippen molar-refractivity contribution < 1.29 is 9.84 Å². The van der Waals surface area contributed by atoms with E-state index in [0.717, 1.165) is 35.0 Å². The number of hydrogen-bond acceptors (Lipinski definition) is 3. The summed E-state index contributed by atoms with van der Waals surface area (Å²) < 4.78 is 6.10. The summed E-state index contributed by atoms with van der Waals surface area (Å²) in [5.74, 6) is 1.74. The number of ether oxygens (including phenoxy) is 1. The summed E-state index contributed by atoms with van der Waals surface area (Å²) in [5, 5.41) is 9.44. The standard InChI is InChI=1S/C25H35NO2/c1-2-3-4-5-6-7-8-9-10-13-18-26-22-14-11-12-15-24(22)28-25-19-21(20-27)16-17-23(25)26/h11-12,14-17,19,27H,2-10,13,18,20H2,1H3. The number of hydrogen-bond donors (Lipinski definition) is 1. The Kier molecular flexibility index (Phi) is 8.23. The SMILES string of the molecule is CCCCCCCCCCCCN1c2ccccc2Oc2cc(CO)ccc21. The van der Waals surface area contributed by atoms with Crippen molar-refractivity contribution in [2.24, 2.45) is 0 Å². The smallest absolute Gasteiger partial charge is 0.151 e. The predicted octanol–water partition coefficient (Wildman–Crippen LogP) is 7.34. The van der Waals surface area contributed by atoms with E-state index in [9.17, 15) is 5.11 Å². The van der Waals surface area contributed by atoms with E-state index in [1.54, 1.807) is 0 Å². The maximum Gasteiger partial charge on any atom is 0.151 e. The number of aliphatic hydroxyl groups excluding tert-OH is 1. The Balaban J connectivity index is 1.50. The molecular formula is C25H35NO2. The van der Waals surface area contributed by atoms with Crippen molar-refractivity contribution in [2.45, 2.75) is 77.7 Å². The number of unbranched alkanes of at least 4 members (excludes halogenated alkanes) is 9. The number of aliphatic hydroxyl groups is 1. The summed E-state index contributed by atoms with van der Waals surface area (Å²) in [6.07, 6.45) is 13.5. The van der Waals surface area contributed by atoms with Gasteiger partial charge in [-0.2, -0.15) is 0 Å². The van der Waals surface area contributed by atoms with E-state index in [0.29, 0.717) is 0 Å². The summed E-state index contributed by atoms with van der Waals surface area (Å²) in [6.45, 7) is 3.32. The van der Waals surface area contributed by atoms with Gasteiger partial charge in [0.05, 0.1) is 18.0 Å². The van der Waals surface area contributed by atoms with Gasteiger partial charge in [-0.15, -0.1) is 0 Å². The minimum atomic E-state index is 0.0384. The van der Waals surface area contributed by atoms with Crippen LogP contribution in [0.25, 0.3) is 0 Å². The van der Waals surface area contributed by atoms with E-state index < -0.39 is 0 Å². The molecular weight excluding hydrogens is 346 g/mol. The molecule has 0 aliphatic carbocycles. The Morgan fingerprint density at radius 2 is 1.39 bits per heavy atom. The Morgan fingerprint density at radius 3 is 2.11 bits per heavy atom. The molecule has 0 unspecified atom stereocenters. The van der Waals surface area contributed by atoms with Gasteiger partial charge in [0.1, 0.15) is 0 Å². The minimum absolute atomic E-state index is 0.0384. The zero-order valence-electron chi connectivity index (χ0n) is 17.3. The molecule has 0 bridgehead atoms. The van der Waals surface area contributed by atoms with Crippen LogP contribution in [-0.2, 0) is 6.61 Å². The van der Waals surface area contributed by atoms with Gasteiger partial charge in [0.25, 0.3) is 0 Å². The maximum absolute atomic E-state index is 9.44. The second-order valence-corrected chi connectivity index (χ2v) is 7.86. The van der Waals surface area contributed by atoms with Gasteiger partial charge in [-0.05, 0) is 36.2 Å². The zero-order chi connectivity index (χ0) is 19.6. The van der Waals surface area contributed by atoms with E-state index >= 15 is 0 Å². The fourth-order valence-electron chi connectivity index (χ4n) is 3.97. The van der Waals surface area contributed by atoms with Crippen molar-refractivity contribution in [3.05, 3.63) is 48.0 Å². The molecule has 1 aliphatic rings. The molecule has 3 heteroatoms. The minimum Gasteiger partial charge on any atom is -0.453 e. The first kappa shape index (κ1) is 20.7. The van der Waals surface area contributed by atoms with Gasteiger partial charge in [-0.1, -0.05) is 82.9 Å². The molecule has 0 spiro atoms. The van der Waals surface area contributed by atoms with E-state index in [2.05, 4.69) is 30.0 Å². The third kappa shape index (κ3) is 5.51. The average Bonchev–Trinajstić information content (AvgIpc) is 2.73. The summed E-state index contributed by atoms with van der Waals surface area (Å²) in [4.78, 5) is 2.38. The predicted molar refractivity (Wildman–Crippen MR) is 118 cm³/mol. The zero-order valence-corrected chi connectivity index (χ0v) is 17.3. The van der Waals surface area contributed by atoms with Crippen molar-refractivity contribution in [1.82, 2.24) is 0 Å². The van der Waals surface area contributed by atoms with Crippen LogP contribution >= 0.6 is 0 Å². The number of benzene rings is 2. The Morgan fingerprint density at radius 1 is 0.750 bits per heavy atom. The summed E-state index contributed by atoms with van der Waals surface area (Å²) >= 11 is 0. The number of anilines is 2. The van der Waals surface area contributed by atoms with Gasteiger partial charge in [0.15, 0.2) is 11.5 Å². The summed E-state index contributed by atoms with van der Waals surface area (Å²) in [6, 6.07) is 14.3. The molecule has 3 nitrogen and oxygen atoms in total. The van der Waals surface area contributed by atoms with Crippen LogP contribution in [-0.4, -0.2) is 11.7 Å². The molecule has 2 aromatic rings. The molecule has 1 heterocycles. The van der Waals surface area contributed by atoms with Crippen LogP contribution in [0.4, 0.5) is 11.4 Å². The highest BCUT2D eigenvalue weighted by Gasteiger charge is 2.23. The average molecular weight is 382 g/mol. The van der Waals surface area contributed by atoms with E-state index in [-0.39, 0.29) is 6.61 Å². The molecule has 0 atom stereocenters. The molecule has 1 N–H and O–H groups in total. The van der Waals surface area contributed by atoms with Crippen molar-refractivity contribution >= 4 is 11.4 Å². The molecule has 2 aromatic carbocycles. The Hall–Kier alpha value is -2.00. The summed E-state index contributed by atoms with van der Waals surface area (Å²) in [7, 11) is 0. The Labute approximate surface area is 170 Å². The monoisotopic (exact) mass is 381 g/mol. The molecule has 1 aliphatic heterocycles. The number of nitrogens with zero attached hydrogens (tertiary/aromatic N) is 1. The first-order valence-corrected chi connectivity index (χ1v) is 11.1. The Bertz CT molecular complexity index is 728. The van der Waals surface area contributed by atoms with Crippen molar-refractivity contribution in [3.63, 3.8) is 0 Å². The maximum atomic E-state index is 9.44. The molecule has 152 valence electrons. The number of fused-ring (bicyclic) bond motifs is 2. The van der Waals surface area contributed by atoms with Gasteiger partial charge >= 0.3 is 0 Å². The van der Waals surface area contributed by atoms with Crippen LogP contribution in [0.5, 0.6) is 11.5 Å². The highest BCUT2D eigenvalue weighted by Crippen LogP contribution is 2.46. The number of para-hydroxylation sites is 2. The third-order valence-corrected chi connectivity index (χ3v) is 5.61. The second-order valence-electron chi connectivity index (χ2n) is 7.86. The number of rotatable bonds is 12. The first-order valence-electron chi connectivity index (χ1n) is 11.1. The topological polar surface area (TPSA) is 32.7 Å². The molecule has 0 fully saturated rings. The van der Waals surface area contributed by atoms with Crippen LogP contribution < -0.4 is 9.64 Å². The largest absolute Gasteiger partial charge is 0.453 e. The lowest BCUT2D eigenvalue weighted by molar-refractivity contribution is 0.281. The molecule has 0 saturated carbocycles. The lowest BCUT2D eigenvalue weighted by Gasteiger charge is -2.33. The quantitative estimate of drug-likeness (QED) is 0.390. The van der Waals surface area contributed by atoms with Crippen molar-refractivity contribution in [3.8, 4) is 11.5 Å². The highest BCUT2D eigenvalue weighted by atomic mass is 16.5. The van der Waals surface area contributed by atoms with Crippen molar-refractivity contribution in [1.29, 1.82) is 0 Å². The van der Waals surface area contributed by atoms with Crippen LogP contribution in [0, 0.1) is 0 Å².